The number of halogens is 1. The Morgan fingerprint density at radius 2 is 1.89 bits per heavy atom. The molecule has 1 heterocycles. The molecule has 1 aliphatic rings. The molecule has 5 nitrogen and oxygen atoms in total. The van der Waals surface area contributed by atoms with Gasteiger partial charge in [0.1, 0.15) is 4.90 Å². The first kappa shape index (κ1) is 20.2. The lowest BCUT2D eigenvalue weighted by atomic mass is 10.2. The van der Waals surface area contributed by atoms with Gasteiger partial charge in [-0.15, -0.1) is 11.8 Å². The minimum Gasteiger partial charge on any atom is -0.321 e. The van der Waals surface area contributed by atoms with Gasteiger partial charge in [0.05, 0.1) is 10.7 Å². The van der Waals surface area contributed by atoms with Crippen LogP contribution in [0.15, 0.2) is 52.3 Å². The number of anilines is 1. The molecule has 0 bridgehead atoms. The first-order valence-electron chi connectivity index (χ1n) is 8.76. The van der Waals surface area contributed by atoms with Gasteiger partial charge in [0.15, 0.2) is 0 Å². The zero-order chi connectivity index (χ0) is 19.4. The number of thioether (sulfide) groups is 1. The van der Waals surface area contributed by atoms with E-state index in [1.807, 2.05) is 31.2 Å². The zero-order valence-electron chi connectivity index (χ0n) is 14.9. The van der Waals surface area contributed by atoms with Gasteiger partial charge < -0.3 is 5.32 Å². The number of amides is 1. The van der Waals surface area contributed by atoms with Crippen LogP contribution < -0.4 is 5.32 Å². The highest BCUT2D eigenvalue weighted by molar-refractivity contribution is 7.99. The molecule has 27 heavy (non-hydrogen) atoms. The number of rotatable bonds is 6. The van der Waals surface area contributed by atoms with Crippen molar-refractivity contribution in [2.24, 2.45) is 0 Å². The molecule has 1 saturated heterocycles. The fourth-order valence-electron chi connectivity index (χ4n) is 2.96. The fraction of sp³-hybridized carbons (Fsp3) is 0.316. The Kier molecular flexibility index (Phi) is 6.47. The van der Waals surface area contributed by atoms with Crippen LogP contribution >= 0.6 is 23.4 Å². The van der Waals surface area contributed by atoms with Crippen molar-refractivity contribution in [1.82, 2.24) is 4.31 Å². The van der Waals surface area contributed by atoms with Crippen LogP contribution in [-0.2, 0) is 10.0 Å². The normalized spacial score (nSPS) is 15.0. The van der Waals surface area contributed by atoms with Crippen LogP contribution in [0.1, 0.15) is 30.1 Å². The van der Waals surface area contributed by atoms with E-state index < -0.39 is 10.0 Å². The van der Waals surface area contributed by atoms with Gasteiger partial charge in [-0.3, -0.25) is 4.79 Å². The molecule has 0 atom stereocenters. The highest BCUT2D eigenvalue weighted by atomic mass is 35.5. The van der Waals surface area contributed by atoms with Crippen LogP contribution in [-0.4, -0.2) is 37.5 Å². The molecule has 2 aromatic rings. The second-order valence-corrected chi connectivity index (χ2v) is 9.76. The zero-order valence-corrected chi connectivity index (χ0v) is 17.3. The summed E-state index contributed by atoms with van der Waals surface area (Å²) in [5.74, 6) is 0.514. The second kappa shape index (κ2) is 8.65. The summed E-state index contributed by atoms with van der Waals surface area (Å²) in [5.41, 5.74) is 0.960. The standard InChI is InChI=1S/C19H21ClN2O3S2/c1-2-26-17-8-4-3-7-16(17)21-19(23)14-9-10-15(20)18(13-14)27(24,25)22-11-5-6-12-22/h3-4,7-10,13H,2,5-6,11-12H2,1H3,(H,21,23). The van der Waals surface area contributed by atoms with E-state index in [9.17, 15) is 13.2 Å². The molecule has 8 heteroatoms. The van der Waals surface area contributed by atoms with Crippen LogP contribution in [0, 0.1) is 0 Å². The molecule has 1 fully saturated rings. The first-order chi connectivity index (χ1) is 12.9. The molecule has 0 spiro atoms. The summed E-state index contributed by atoms with van der Waals surface area (Å²) < 4.78 is 27.1. The molecule has 0 saturated carbocycles. The van der Waals surface area contributed by atoms with Crippen molar-refractivity contribution in [2.75, 3.05) is 24.2 Å². The quantitative estimate of drug-likeness (QED) is 0.694. The van der Waals surface area contributed by atoms with Crippen molar-refractivity contribution in [3.8, 4) is 0 Å². The molecular formula is C19H21ClN2O3S2. The van der Waals surface area contributed by atoms with E-state index in [2.05, 4.69) is 5.32 Å². The van der Waals surface area contributed by atoms with Crippen molar-refractivity contribution < 1.29 is 13.2 Å². The predicted octanol–water partition coefficient (Wildman–Crippen LogP) is 4.49. The van der Waals surface area contributed by atoms with Crippen LogP contribution in [0.2, 0.25) is 5.02 Å². The third-order valence-electron chi connectivity index (χ3n) is 4.31. The first-order valence-corrected chi connectivity index (χ1v) is 11.6. The Morgan fingerprint density at radius 3 is 2.59 bits per heavy atom. The maximum absolute atomic E-state index is 12.8. The minimum absolute atomic E-state index is 0.0186. The third kappa shape index (κ3) is 4.48. The van der Waals surface area contributed by atoms with Crippen LogP contribution in [0.4, 0.5) is 5.69 Å². The van der Waals surface area contributed by atoms with Gasteiger partial charge in [0, 0.05) is 23.5 Å². The van der Waals surface area contributed by atoms with E-state index in [4.69, 9.17) is 11.6 Å². The highest BCUT2D eigenvalue weighted by Crippen LogP contribution is 2.30. The Labute approximate surface area is 169 Å². The maximum atomic E-state index is 12.8. The topological polar surface area (TPSA) is 66.5 Å². The largest absolute Gasteiger partial charge is 0.321 e. The fourth-order valence-corrected chi connectivity index (χ4v) is 5.73. The van der Waals surface area contributed by atoms with Gasteiger partial charge in [0.2, 0.25) is 10.0 Å². The molecule has 0 aliphatic carbocycles. The van der Waals surface area contributed by atoms with E-state index in [1.165, 1.54) is 22.5 Å². The van der Waals surface area contributed by atoms with Crippen LogP contribution in [0.5, 0.6) is 0 Å². The Bertz CT molecular complexity index is 942. The third-order valence-corrected chi connectivity index (χ3v) is 7.65. The number of hydrogen-bond acceptors (Lipinski definition) is 4. The number of carbonyl (C=O) groups is 1. The summed E-state index contributed by atoms with van der Waals surface area (Å²) in [6.07, 6.45) is 1.67. The van der Waals surface area contributed by atoms with Crippen molar-refractivity contribution in [2.45, 2.75) is 29.6 Å². The van der Waals surface area contributed by atoms with E-state index in [0.29, 0.717) is 18.8 Å². The van der Waals surface area contributed by atoms with E-state index in [1.54, 1.807) is 11.8 Å². The summed E-state index contributed by atoms with van der Waals surface area (Å²) >= 11 is 7.78. The summed E-state index contributed by atoms with van der Waals surface area (Å²) in [7, 11) is -3.70. The Balaban J connectivity index is 1.89. The molecule has 0 aromatic heterocycles. The number of carbonyl (C=O) groups excluding carboxylic acids is 1. The van der Waals surface area contributed by atoms with Crippen LogP contribution in [0.25, 0.3) is 0 Å². The van der Waals surface area contributed by atoms with Gasteiger partial charge in [-0.05, 0) is 48.9 Å². The van der Waals surface area contributed by atoms with Crippen LogP contribution in [0.3, 0.4) is 0 Å². The number of benzene rings is 2. The summed E-state index contributed by atoms with van der Waals surface area (Å²) in [5, 5.41) is 2.99. The summed E-state index contributed by atoms with van der Waals surface area (Å²) in [4.78, 5) is 13.7. The minimum atomic E-state index is -3.70. The molecule has 0 unspecified atom stereocenters. The number of para-hydroxylation sites is 1. The molecule has 144 valence electrons. The highest BCUT2D eigenvalue weighted by Gasteiger charge is 2.29. The lowest BCUT2D eigenvalue weighted by Crippen LogP contribution is -2.28. The van der Waals surface area contributed by atoms with E-state index in [-0.39, 0.29) is 21.4 Å². The number of sulfonamides is 1. The number of hydrogen-bond donors (Lipinski definition) is 1. The van der Waals surface area contributed by atoms with Gasteiger partial charge in [-0.2, -0.15) is 4.31 Å². The average Bonchev–Trinajstić information content (AvgIpc) is 3.19. The van der Waals surface area contributed by atoms with E-state index in [0.717, 1.165) is 23.5 Å². The molecule has 1 amide bonds. The molecule has 1 N–H and O–H groups in total. The Hall–Kier alpha value is -1.54. The number of nitrogens with one attached hydrogen (secondary N) is 1. The summed E-state index contributed by atoms with van der Waals surface area (Å²) in [6, 6.07) is 11.9. The van der Waals surface area contributed by atoms with Gasteiger partial charge in [-0.25, -0.2) is 8.42 Å². The molecule has 3 rings (SSSR count). The molecular weight excluding hydrogens is 404 g/mol. The summed E-state index contributed by atoms with van der Waals surface area (Å²) in [6.45, 7) is 3.01. The second-order valence-electron chi connectivity index (χ2n) is 6.14. The monoisotopic (exact) mass is 424 g/mol. The van der Waals surface area contributed by atoms with E-state index >= 15 is 0 Å². The SMILES string of the molecule is CCSc1ccccc1NC(=O)c1ccc(Cl)c(S(=O)(=O)N2CCCC2)c1. The molecule has 0 radical (unpaired) electrons. The van der Waals surface area contributed by atoms with Crippen molar-refractivity contribution in [3.05, 3.63) is 53.1 Å². The predicted molar refractivity (Wildman–Crippen MR) is 110 cm³/mol. The Morgan fingerprint density at radius 1 is 1.19 bits per heavy atom. The van der Waals surface area contributed by atoms with Crippen molar-refractivity contribution >= 4 is 45.0 Å². The van der Waals surface area contributed by atoms with Gasteiger partial charge >= 0.3 is 0 Å². The molecule has 1 aliphatic heterocycles. The lowest BCUT2D eigenvalue weighted by Gasteiger charge is -2.17. The van der Waals surface area contributed by atoms with Gasteiger partial charge in [0.25, 0.3) is 5.91 Å². The lowest BCUT2D eigenvalue weighted by molar-refractivity contribution is 0.102. The number of nitrogens with zero attached hydrogens (tertiary/aromatic N) is 1. The average molecular weight is 425 g/mol. The smallest absolute Gasteiger partial charge is 0.255 e. The van der Waals surface area contributed by atoms with Gasteiger partial charge in [-0.1, -0.05) is 30.7 Å². The van der Waals surface area contributed by atoms with Crippen molar-refractivity contribution in [1.29, 1.82) is 0 Å². The van der Waals surface area contributed by atoms with Crippen molar-refractivity contribution in [3.63, 3.8) is 0 Å². The molecule has 2 aromatic carbocycles. The maximum Gasteiger partial charge on any atom is 0.255 e.